The highest BCUT2D eigenvalue weighted by atomic mass is 35.5. The number of anilines is 1. The molecule has 0 bridgehead atoms. The van der Waals surface area contributed by atoms with Crippen molar-refractivity contribution in [3.8, 4) is 5.75 Å². The van der Waals surface area contributed by atoms with Crippen LogP contribution in [-0.4, -0.2) is 38.3 Å². The fraction of sp³-hybridized carbons (Fsp3) is 0.462. The maximum Gasteiger partial charge on any atom is 0.244 e. The fourth-order valence-corrected chi connectivity index (χ4v) is 2.02. The number of halogens is 3. The number of nitrogens with one attached hydrogen (secondary N) is 2. The molecule has 1 fully saturated rings. The lowest BCUT2D eigenvalue weighted by Gasteiger charge is -2.29. The van der Waals surface area contributed by atoms with Gasteiger partial charge in [-0.05, 0) is 6.92 Å². The molecule has 0 radical (unpaired) electrons. The molecule has 1 amide bonds. The molecule has 1 aromatic rings. The van der Waals surface area contributed by atoms with Crippen molar-refractivity contribution < 1.29 is 23.0 Å². The van der Waals surface area contributed by atoms with Gasteiger partial charge in [0, 0.05) is 18.7 Å². The molecule has 1 saturated heterocycles. The zero-order valence-corrected chi connectivity index (χ0v) is 12.4. The molecule has 118 valence electrons. The molecular weight excluding hydrogens is 306 g/mol. The summed E-state index contributed by atoms with van der Waals surface area (Å²) in [6, 6.07) is 1.17. The number of rotatable bonds is 3. The summed E-state index contributed by atoms with van der Waals surface area (Å²) >= 11 is 0. The Bertz CT molecular complexity index is 516. The van der Waals surface area contributed by atoms with Gasteiger partial charge in [0.25, 0.3) is 0 Å². The number of carbonyl (C=O) groups excluding carboxylic acids is 1. The molecule has 0 unspecified atom stereocenters. The molecular formula is C13H17ClF2N2O3. The van der Waals surface area contributed by atoms with Crippen LogP contribution in [0.4, 0.5) is 14.5 Å². The molecule has 0 aromatic heterocycles. The number of benzene rings is 1. The molecule has 1 aliphatic heterocycles. The van der Waals surface area contributed by atoms with Gasteiger partial charge < -0.3 is 20.1 Å². The summed E-state index contributed by atoms with van der Waals surface area (Å²) in [5.41, 5.74) is -0.229. The van der Waals surface area contributed by atoms with Gasteiger partial charge in [-0.2, -0.15) is 0 Å². The first-order valence-corrected chi connectivity index (χ1v) is 6.22. The van der Waals surface area contributed by atoms with Crippen LogP contribution in [0.5, 0.6) is 5.75 Å². The minimum Gasteiger partial charge on any atom is -0.494 e. The summed E-state index contributed by atoms with van der Waals surface area (Å²) in [6.45, 7) is 2.78. The number of amides is 1. The van der Waals surface area contributed by atoms with Crippen LogP contribution in [0, 0.1) is 11.6 Å². The quantitative estimate of drug-likeness (QED) is 0.889. The highest BCUT2D eigenvalue weighted by Crippen LogP contribution is 2.25. The van der Waals surface area contributed by atoms with Gasteiger partial charge in [-0.3, -0.25) is 4.79 Å². The largest absolute Gasteiger partial charge is 0.494 e. The van der Waals surface area contributed by atoms with Crippen molar-refractivity contribution in [1.82, 2.24) is 5.32 Å². The molecule has 2 atom stereocenters. The van der Waals surface area contributed by atoms with E-state index in [2.05, 4.69) is 15.4 Å². The van der Waals surface area contributed by atoms with Crippen molar-refractivity contribution in [2.75, 3.05) is 25.6 Å². The van der Waals surface area contributed by atoms with Gasteiger partial charge in [-0.15, -0.1) is 12.4 Å². The molecule has 0 saturated carbocycles. The Morgan fingerprint density at radius 1 is 1.43 bits per heavy atom. The monoisotopic (exact) mass is 322 g/mol. The normalized spacial score (nSPS) is 21.3. The molecule has 0 spiro atoms. The van der Waals surface area contributed by atoms with Crippen LogP contribution in [0.25, 0.3) is 0 Å². The van der Waals surface area contributed by atoms with Gasteiger partial charge in [0.1, 0.15) is 6.04 Å². The van der Waals surface area contributed by atoms with Crippen LogP contribution >= 0.6 is 12.4 Å². The van der Waals surface area contributed by atoms with Crippen molar-refractivity contribution >= 4 is 24.0 Å². The second kappa shape index (κ2) is 7.53. The van der Waals surface area contributed by atoms with Gasteiger partial charge in [0.2, 0.25) is 5.91 Å². The highest BCUT2D eigenvalue weighted by molar-refractivity contribution is 5.95. The maximum absolute atomic E-state index is 13.7. The SMILES string of the molecule is COc1cc(F)c(NC(=O)[C@H]2NCCO[C@@H]2C)cc1F.Cl. The molecule has 0 aliphatic carbocycles. The van der Waals surface area contributed by atoms with Crippen LogP contribution in [0.2, 0.25) is 0 Å². The second-order valence-electron chi connectivity index (χ2n) is 4.46. The predicted octanol–water partition coefficient (Wildman–Crippen LogP) is 1.71. The Kier molecular flexibility index (Phi) is 6.32. The van der Waals surface area contributed by atoms with E-state index in [0.29, 0.717) is 13.2 Å². The number of morpholine rings is 1. The molecule has 1 heterocycles. The predicted molar refractivity (Wildman–Crippen MR) is 76.0 cm³/mol. The van der Waals surface area contributed by atoms with Crippen molar-refractivity contribution in [3.05, 3.63) is 23.8 Å². The van der Waals surface area contributed by atoms with E-state index < -0.39 is 23.6 Å². The lowest BCUT2D eigenvalue weighted by Crippen LogP contribution is -2.53. The number of carbonyl (C=O) groups is 1. The second-order valence-corrected chi connectivity index (χ2v) is 4.46. The smallest absolute Gasteiger partial charge is 0.244 e. The third-order valence-corrected chi connectivity index (χ3v) is 3.10. The molecule has 8 heteroatoms. The van der Waals surface area contributed by atoms with Gasteiger partial charge >= 0.3 is 0 Å². The van der Waals surface area contributed by atoms with Crippen LogP contribution in [0.1, 0.15) is 6.92 Å². The third-order valence-electron chi connectivity index (χ3n) is 3.10. The first-order valence-electron chi connectivity index (χ1n) is 6.22. The standard InChI is InChI=1S/C13H16F2N2O3.ClH/c1-7-12(16-3-4-20-7)13(18)17-10-5-9(15)11(19-2)6-8(10)14;/h5-7,12,16H,3-4H2,1-2H3,(H,17,18);1H/t7-,12+;/m1./s1. The lowest BCUT2D eigenvalue weighted by molar-refractivity contribution is -0.123. The Hall–Kier alpha value is -1.44. The van der Waals surface area contributed by atoms with Gasteiger partial charge in [-0.25, -0.2) is 8.78 Å². The topological polar surface area (TPSA) is 59.6 Å². The van der Waals surface area contributed by atoms with Crippen LogP contribution < -0.4 is 15.4 Å². The van der Waals surface area contributed by atoms with E-state index in [4.69, 9.17) is 4.74 Å². The van der Waals surface area contributed by atoms with Crippen LogP contribution in [-0.2, 0) is 9.53 Å². The van der Waals surface area contributed by atoms with E-state index in [1.54, 1.807) is 6.92 Å². The number of ether oxygens (including phenoxy) is 2. The van der Waals surface area contributed by atoms with Crippen molar-refractivity contribution in [2.45, 2.75) is 19.1 Å². The molecule has 21 heavy (non-hydrogen) atoms. The molecule has 5 nitrogen and oxygen atoms in total. The molecule has 1 aromatic carbocycles. The molecule has 2 N–H and O–H groups in total. The van der Waals surface area contributed by atoms with E-state index in [-0.39, 0.29) is 29.9 Å². The Morgan fingerprint density at radius 3 is 2.76 bits per heavy atom. The van der Waals surface area contributed by atoms with Crippen molar-refractivity contribution in [1.29, 1.82) is 0 Å². The molecule has 1 aliphatic rings. The van der Waals surface area contributed by atoms with E-state index in [1.165, 1.54) is 7.11 Å². The molecule has 2 rings (SSSR count). The summed E-state index contributed by atoms with van der Waals surface area (Å²) in [4.78, 5) is 12.0. The summed E-state index contributed by atoms with van der Waals surface area (Å²) in [5.74, 6) is -2.19. The minimum atomic E-state index is -0.763. The van der Waals surface area contributed by atoms with E-state index >= 15 is 0 Å². The van der Waals surface area contributed by atoms with Crippen LogP contribution in [0.15, 0.2) is 12.1 Å². The summed E-state index contributed by atoms with van der Waals surface area (Å²) in [7, 11) is 1.24. The van der Waals surface area contributed by atoms with Gasteiger partial charge in [-0.1, -0.05) is 0 Å². The maximum atomic E-state index is 13.7. The average molecular weight is 323 g/mol. The fourth-order valence-electron chi connectivity index (χ4n) is 2.02. The Morgan fingerprint density at radius 2 is 2.14 bits per heavy atom. The zero-order chi connectivity index (χ0) is 14.7. The van der Waals surface area contributed by atoms with Crippen molar-refractivity contribution in [3.63, 3.8) is 0 Å². The summed E-state index contributed by atoms with van der Waals surface area (Å²) in [5, 5.41) is 5.32. The number of methoxy groups -OCH3 is 1. The third kappa shape index (κ3) is 4.03. The summed E-state index contributed by atoms with van der Waals surface area (Å²) in [6.07, 6.45) is -0.338. The number of hydrogen-bond acceptors (Lipinski definition) is 4. The van der Waals surface area contributed by atoms with E-state index in [1.807, 2.05) is 0 Å². The van der Waals surface area contributed by atoms with E-state index in [0.717, 1.165) is 12.1 Å². The Balaban J connectivity index is 0.00000220. The van der Waals surface area contributed by atoms with Crippen molar-refractivity contribution in [2.24, 2.45) is 0 Å². The Labute approximate surface area is 127 Å². The van der Waals surface area contributed by atoms with Crippen LogP contribution in [0.3, 0.4) is 0 Å². The highest BCUT2D eigenvalue weighted by Gasteiger charge is 2.29. The van der Waals surface area contributed by atoms with Gasteiger partial charge in [0.05, 0.1) is 25.5 Å². The van der Waals surface area contributed by atoms with E-state index in [9.17, 15) is 13.6 Å². The minimum absolute atomic E-state index is 0. The first kappa shape index (κ1) is 17.6. The van der Waals surface area contributed by atoms with Gasteiger partial charge in [0.15, 0.2) is 17.4 Å². The lowest BCUT2D eigenvalue weighted by atomic mass is 10.1. The first-order chi connectivity index (χ1) is 9.52. The summed E-state index contributed by atoms with van der Waals surface area (Å²) < 4.78 is 37.2. The average Bonchev–Trinajstić information content (AvgIpc) is 2.42. The number of hydrogen-bond donors (Lipinski definition) is 2. The zero-order valence-electron chi connectivity index (χ0n) is 11.6.